The van der Waals surface area contributed by atoms with Crippen molar-refractivity contribution in [2.75, 3.05) is 31.7 Å². The van der Waals surface area contributed by atoms with Crippen LogP contribution in [0.3, 0.4) is 0 Å². The SMILES string of the molecule is CCNC(=NCC(C)(C)CCS(C)(=O)=O)NC1CCOc2ccccc21.I. The molecule has 154 valence electrons. The third-order valence-electron chi connectivity index (χ3n) is 4.43. The predicted octanol–water partition coefficient (Wildman–Crippen LogP) is 3.14. The maximum Gasteiger partial charge on any atom is 0.191 e. The molecule has 0 fully saturated rings. The summed E-state index contributed by atoms with van der Waals surface area (Å²) in [5.41, 5.74) is 0.958. The fourth-order valence-electron chi connectivity index (χ4n) is 2.81. The molecule has 1 aromatic carbocycles. The van der Waals surface area contributed by atoms with Crippen molar-refractivity contribution in [3.05, 3.63) is 29.8 Å². The molecule has 6 nitrogen and oxygen atoms in total. The number of rotatable bonds is 7. The van der Waals surface area contributed by atoms with Gasteiger partial charge in [0, 0.05) is 31.3 Å². The third kappa shape index (κ3) is 8.25. The summed E-state index contributed by atoms with van der Waals surface area (Å²) in [6.07, 6.45) is 2.74. The summed E-state index contributed by atoms with van der Waals surface area (Å²) in [6, 6.07) is 8.20. The molecule has 2 rings (SSSR count). The van der Waals surface area contributed by atoms with Gasteiger partial charge in [0.2, 0.25) is 0 Å². The smallest absolute Gasteiger partial charge is 0.191 e. The van der Waals surface area contributed by atoms with Gasteiger partial charge in [-0.15, -0.1) is 24.0 Å². The Kier molecular flexibility index (Phi) is 9.33. The number of benzene rings is 1. The summed E-state index contributed by atoms with van der Waals surface area (Å²) in [7, 11) is -2.96. The molecule has 1 atom stereocenters. The highest BCUT2D eigenvalue weighted by molar-refractivity contribution is 14.0. The fraction of sp³-hybridized carbons (Fsp3) is 0.632. The van der Waals surface area contributed by atoms with Crippen molar-refractivity contribution in [1.29, 1.82) is 0 Å². The van der Waals surface area contributed by atoms with Crippen molar-refractivity contribution in [3.8, 4) is 5.75 Å². The number of fused-ring (bicyclic) bond motifs is 1. The largest absolute Gasteiger partial charge is 0.493 e. The first-order valence-electron chi connectivity index (χ1n) is 9.14. The van der Waals surface area contributed by atoms with Gasteiger partial charge in [0.05, 0.1) is 18.4 Å². The number of guanidine groups is 1. The van der Waals surface area contributed by atoms with Crippen molar-refractivity contribution in [2.45, 2.75) is 39.7 Å². The van der Waals surface area contributed by atoms with E-state index in [4.69, 9.17) is 9.73 Å². The Morgan fingerprint density at radius 3 is 2.70 bits per heavy atom. The lowest BCUT2D eigenvalue weighted by Gasteiger charge is -2.29. The van der Waals surface area contributed by atoms with Gasteiger partial charge >= 0.3 is 0 Å². The second-order valence-corrected chi connectivity index (χ2v) is 9.87. The highest BCUT2D eigenvalue weighted by atomic mass is 127. The number of hydrogen-bond donors (Lipinski definition) is 2. The van der Waals surface area contributed by atoms with Crippen molar-refractivity contribution >= 4 is 39.8 Å². The first-order valence-corrected chi connectivity index (χ1v) is 11.2. The minimum Gasteiger partial charge on any atom is -0.493 e. The molecule has 8 heteroatoms. The molecule has 0 aliphatic carbocycles. The Hall–Kier alpha value is -1.03. The quantitative estimate of drug-likeness (QED) is 0.336. The van der Waals surface area contributed by atoms with Gasteiger partial charge in [0.1, 0.15) is 15.6 Å². The standard InChI is InChI=1S/C19H31N3O3S.HI/c1-5-20-18(21-14-19(2,3)11-13-26(4,23)24)22-16-10-12-25-17-9-7-6-8-15(16)17;/h6-9,16H,5,10-14H2,1-4H3,(H2,20,21,22);1H. The number of ether oxygens (including phenoxy) is 1. The van der Waals surface area contributed by atoms with Gasteiger partial charge in [-0.05, 0) is 24.8 Å². The molecule has 1 heterocycles. The Bertz CT molecular complexity index is 735. The number of hydrogen-bond acceptors (Lipinski definition) is 4. The van der Waals surface area contributed by atoms with Crippen LogP contribution >= 0.6 is 24.0 Å². The molecular weight excluding hydrogens is 477 g/mol. The monoisotopic (exact) mass is 509 g/mol. The van der Waals surface area contributed by atoms with Crippen molar-refractivity contribution < 1.29 is 13.2 Å². The maximum atomic E-state index is 11.4. The molecule has 1 aromatic rings. The summed E-state index contributed by atoms with van der Waals surface area (Å²) in [4.78, 5) is 4.71. The van der Waals surface area contributed by atoms with E-state index < -0.39 is 9.84 Å². The van der Waals surface area contributed by atoms with Gasteiger partial charge < -0.3 is 15.4 Å². The molecule has 0 spiro atoms. The minimum absolute atomic E-state index is 0. The van der Waals surface area contributed by atoms with Gasteiger partial charge in [0.25, 0.3) is 0 Å². The zero-order valence-electron chi connectivity index (χ0n) is 16.6. The second kappa shape index (κ2) is 10.5. The average molecular weight is 509 g/mol. The summed E-state index contributed by atoms with van der Waals surface area (Å²) in [6.45, 7) is 8.13. The van der Waals surface area contributed by atoms with Crippen LogP contribution in [-0.4, -0.2) is 46.1 Å². The lowest BCUT2D eigenvalue weighted by molar-refractivity contribution is 0.261. The van der Waals surface area contributed by atoms with Crippen LogP contribution in [0.4, 0.5) is 0 Å². The molecule has 27 heavy (non-hydrogen) atoms. The van der Waals surface area contributed by atoms with E-state index in [0.717, 1.165) is 30.2 Å². The molecule has 0 saturated heterocycles. The van der Waals surface area contributed by atoms with Crippen LogP contribution in [0.25, 0.3) is 0 Å². The zero-order chi connectivity index (χ0) is 19.2. The van der Waals surface area contributed by atoms with Crippen LogP contribution in [0.2, 0.25) is 0 Å². The number of nitrogens with one attached hydrogen (secondary N) is 2. The van der Waals surface area contributed by atoms with Gasteiger partial charge in [-0.1, -0.05) is 32.0 Å². The summed E-state index contributed by atoms with van der Waals surface area (Å²) >= 11 is 0. The van der Waals surface area contributed by atoms with Crippen LogP contribution in [0, 0.1) is 5.41 Å². The Morgan fingerprint density at radius 1 is 1.33 bits per heavy atom. The average Bonchev–Trinajstić information content (AvgIpc) is 2.58. The summed E-state index contributed by atoms with van der Waals surface area (Å²) in [5, 5.41) is 6.78. The second-order valence-electron chi connectivity index (χ2n) is 7.61. The predicted molar refractivity (Wildman–Crippen MR) is 122 cm³/mol. The van der Waals surface area contributed by atoms with Crippen molar-refractivity contribution in [2.24, 2.45) is 10.4 Å². The number of aliphatic imine (C=N–C) groups is 1. The first-order chi connectivity index (χ1) is 12.2. The topological polar surface area (TPSA) is 79.8 Å². The fourth-order valence-corrected chi connectivity index (χ4v) is 3.73. The molecule has 1 aliphatic heterocycles. The maximum absolute atomic E-state index is 11.4. The molecule has 0 radical (unpaired) electrons. The molecule has 2 N–H and O–H groups in total. The third-order valence-corrected chi connectivity index (χ3v) is 5.37. The van der Waals surface area contributed by atoms with Gasteiger partial charge in [-0.25, -0.2) is 8.42 Å². The molecule has 1 aliphatic rings. The summed E-state index contributed by atoms with van der Waals surface area (Å²) in [5.74, 6) is 1.86. The van der Waals surface area contributed by atoms with Gasteiger partial charge in [-0.3, -0.25) is 4.99 Å². The minimum atomic E-state index is -2.96. The van der Waals surface area contributed by atoms with Crippen LogP contribution in [0.15, 0.2) is 29.3 Å². The zero-order valence-corrected chi connectivity index (χ0v) is 19.8. The van der Waals surface area contributed by atoms with E-state index in [9.17, 15) is 8.42 Å². The highest BCUT2D eigenvalue weighted by Crippen LogP contribution is 2.31. The van der Waals surface area contributed by atoms with Crippen LogP contribution in [0.5, 0.6) is 5.75 Å². The first kappa shape index (κ1) is 24.0. The molecule has 0 saturated carbocycles. The molecule has 0 aromatic heterocycles. The van der Waals surface area contributed by atoms with E-state index in [1.807, 2.05) is 25.1 Å². The number of sulfone groups is 1. The highest BCUT2D eigenvalue weighted by Gasteiger charge is 2.23. The number of halogens is 1. The number of nitrogens with zero attached hydrogens (tertiary/aromatic N) is 1. The Labute approximate surface area is 180 Å². The van der Waals surface area contributed by atoms with E-state index >= 15 is 0 Å². The number of para-hydroxylation sites is 1. The van der Waals surface area contributed by atoms with E-state index in [0.29, 0.717) is 19.6 Å². The van der Waals surface area contributed by atoms with E-state index in [2.05, 4.69) is 30.5 Å². The Morgan fingerprint density at radius 2 is 2.04 bits per heavy atom. The summed E-state index contributed by atoms with van der Waals surface area (Å²) < 4.78 is 28.6. The van der Waals surface area contributed by atoms with Crippen molar-refractivity contribution in [3.63, 3.8) is 0 Å². The van der Waals surface area contributed by atoms with E-state index in [1.165, 1.54) is 6.26 Å². The van der Waals surface area contributed by atoms with Gasteiger partial charge in [0.15, 0.2) is 5.96 Å². The lowest BCUT2D eigenvalue weighted by atomic mass is 9.90. The lowest BCUT2D eigenvalue weighted by Crippen LogP contribution is -2.41. The molecule has 0 bridgehead atoms. The van der Waals surface area contributed by atoms with E-state index in [1.54, 1.807) is 0 Å². The van der Waals surface area contributed by atoms with Gasteiger partial charge in [-0.2, -0.15) is 0 Å². The van der Waals surface area contributed by atoms with E-state index in [-0.39, 0.29) is 41.2 Å². The van der Waals surface area contributed by atoms with Crippen LogP contribution in [-0.2, 0) is 9.84 Å². The molecule has 1 unspecified atom stereocenters. The van der Waals surface area contributed by atoms with Crippen LogP contribution in [0.1, 0.15) is 45.2 Å². The Balaban J connectivity index is 0.00000364. The van der Waals surface area contributed by atoms with Crippen LogP contribution < -0.4 is 15.4 Å². The molecular formula is C19H32IN3O3S. The normalized spacial score (nSPS) is 17.3. The molecule has 0 amide bonds. The van der Waals surface area contributed by atoms with Crippen molar-refractivity contribution in [1.82, 2.24) is 10.6 Å².